The zero-order valence-corrected chi connectivity index (χ0v) is 16.3. The lowest BCUT2D eigenvalue weighted by Gasteiger charge is -2.28. The minimum Gasteiger partial charge on any atom is -0.489 e. The Morgan fingerprint density at radius 2 is 1.86 bits per heavy atom. The van der Waals surface area contributed by atoms with Gasteiger partial charge in [0, 0.05) is 11.3 Å². The van der Waals surface area contributed by atoms with Gasteiger partial charge in [0.15, 0.2) is 0 Å². The average Bonchev–Trinajstić information content (AvgIpc) is 2.71. The van der Waals surface area contributed by atoms with Crippen LogP contribution in [0.1, 0.15) is 37.4 Å². The summed E-state index contributed by atoms with van der Waals surface area (Å²) in [5.74, 6) is -0.243. The molecule has 6 nitrogen and oxygen atoms in total. The molecule has 2 aromatic carbocycles. The lowest BCUT2D eigenvalue weighted by molar-refractivity contribution is -0.139. The van der Waals surface area contributed by atoms with Crippen molar-refractivity contribution in [3.8, 4) is 5.75 Å². The number of carbonyl (C=O) groups is 2. The number of amides is 2. The maximum atomic E-state index is 13.7. The number of carbonyl (C=O) groups excluding carboxylic acids is 2. The third-order valence-electron chi connectivity index (χ3n) is 4.49. The van der Waals surface area contributed by atoms with Crippen LogP contribution in [0.15, 0.2) is 59.8 Å². The number of urea groups is 1. The van der Waals surface area contributed by atoms with Crippen molar-refractivity contribution in [3.63, 3.8) is 0 Å². The Kier molecular flexibility index (Phi) is 6.49. The van der Waals surface area contributed by atoms with Gasteiger partial charge in [-0.2, -0.15) is 0 Å². The van der Waals surface area contributed by atoms with Gasteiger partial charge in [-0.05, 0) is 37.1 Å². The molecule has 0 saturated heterocycles. The first-order chi connectivity index (χ1) is 14.0. The zero-order valence-electron chi connectivity index (χ0n) is 16.3. The predicted octanol–water partition coefficient (Wildman–Crippen LogP) is 3.99. The maximum absolute atomic E-state index is 13.7. The van der Waals surface area contributed by atoms with Gasteiger partial charge in [0.2, 0.25) is 0 Å². The number of hydrogen-bond donors (Lipinski definition) is 2. The van der Waals surface area contributed by atoms with Crippen LogP contribution in [0.25, 0.3) is 0 Å². The van der Waals surface area contributed by atoms with Gasteiger partial charge in [0.05, 0.1) is 18.2 Å². The van der Waals surface area contributed by atoms with Crippen LogP contribution in [0.2, 0.25) is 0 Å². The molecule has 1 atom stereocenters. The van der Waals surface area contributed by atoms with Crippen LogP contribution in [0, 0.1) is 5.82 Å². The van der Waals surface area contributed by atoms with Crippen molar-refractivity contribution < 1.29 is 23.5 Å². The van der Waals surface area contributed by atoms with Gasteiger partial charge in [0.1, 0.15) is 18.2 Å². The Bertz CT molecular complexity index is 925. The summed E-state index contributed by atoms with van der Waals surface area (Å²) in [5, 5.41) is 5.37. The van der Waals surface area contributed by atoms with Crippen molar-refractivity contribution in [1.29, 1.82) is 0 Å². The van der Waals surface area contributed by atoms with Gasteiger partial charge in [-0.3, -0.25) is 0 Å². The summed E-state index contributed by atoms with van der Waals surface area (Å²) in [5.41, 5.74) is 1.99. The molecular formula is C22H23FN2O4. The van der Waals surface area contributed by atoms with Crippen LogP contribution < -0.4 is 15.4 Å². The maximum Gasteiger partial charge on any atom is 0.338 e. The van der Waals surface area contributed by atoms with E-state index >= 15 is 0 Å². The summed E-state index contributed by atoms with van der Waals surface area (Å²) in [4.78, 5) is 24.4. The van der Waals surface area contributed by atoms with E-state index in [9.17, 15) is 14.0 Å². The molecule has 1 unspecified atom stereocenters. The van der Waals surface area contributed by atoms with Crippen LogP contribution in [-0.2, 0) is 16.1 Å². The monoisotopic (exact) mass is 398 g/mol. The van der Waals surface area contributed by atoms with E-state index in [0.717, 1.165) is 0 Å². The number of esters is 1. The molecule has 3 rings (SSSR count). The van der Waals surface area contributed by atoms with E-state index in [0.29, 0.717) is 41.2 Å². The molecule has 1 heterocycles. The number of hydrogen-bond acceptors (Lipinski definition) is 4. The minimum absolute atomic E-state index is 0.101. The van der Waals surface area contributed by atoms with Crippen LogP contribution in [-0.4, -0.2) is 18.6 Å². The number of ether oxygens (including phenoxy) is 2. The Balaban J connectivity index is 1.76. The van der Waals surface area contributed by atoms with Crippen molar-refractivity contribution >= 4 is 12.0 Å². The molecule has 152 valence electrons. The summed E-state index contributed by atoms with van der Waals surface area (Å²) in [6, 6.07) is 12.3. The normalized spacial score (nSPS) is 16.1. The summed E-state index contributed by atoms with van der Waals surface area (Å²) in [6.45, 7) is 3.98. The molecule has 2 amide bonds. The van der Waals surface area contributed by atoms with Crippen LogP contribution in [0.3, 0.4) is 0 Å². The molecule has 7 heteroatoms. The molecule has 29 heavy (non-hydrogen) atoms. The fourth-order valence-electron chi connectivity index (χ4n) is 3.02. The smallest absolute Gasteiger partial charge is 0.338 e. The van der Waals surface area contributed by atoms with Crippen molar-refractivity contribution in [2.45, 2.75) is 32.9 Å². The topological polar surface area (TPSA) is 76.7 Å². The van der Waals surface area contributed by atoms with Crippen LogP contribution >= 0.6 is 0 Å². The lowest BCUT2D eigenvalue weighted by atomic mass is 9.95. The van der Waals surface area contributed by atoms with Crippen molar-refractivity contribution in [2.24, 2.45) is 0 Å². The molecule has 2 N–H and O–H groups in total. The highest BCUT2D eigenvalue weighted by Crippen LogP contribution is 2.29. The van der Waals surface area contributed by atoms with Crippen molar-refractivity contribution in [3.05, 3.63) is 76.7 Å². The van der Waals surface area contributed by atoms with Gasteiger partial charge < -0.3 is 20.1 Å². The fourth-order valence-corrected chi connectivity index (χ4v) is 3.02. The number of benzene rings is 2. The number of allylic oxidation sites excluding steroid dienone is 1. The summed E-state index contributed by atoms with van der Waals surface area (Å²) >= 11 is 0. The molecule has 0 aromatic heterocycles. The van der Waals surface area contributed by atoms with E-state index in [2.05, 4.69) is 10.6 Å². The first-order valence-electron chi connectivity index (χ1n) is 9.41. The third-order valence-corrected chi connectivity index (χ3v) is 4.49. The SMILES string of the molecule is CCCOC(=O)C1=C(C)NC(=O)NC1c1ccc(OCc2ccccc2F)cc1. The van der Waals surface area contributed by atoms with Gasteiger partial charge >= 0.3 is 12.0 Å². The van der Waals surface area contributed by atoms with Crippen LogP contribution in [0.5, 0.6) is 5.75 Å². The Morgan fingerprint density at radius 3 is 2.55 bits per heavy atom. The van der Waals surface area contributed by atoms with Gasteiger partial charge in [-0.25, -0.2) is 14.0 Å². The first kappa shape index (κ1) is 20.4. The highest BCUT2D eigenvalue weighted by Gasteiger charge is 2.32. The number of halogens is 1. The van der Waals surface area contributed by atoms with Crippen LogP contribution in [0.4, 0.5) is 9.18 Å². The molecule has 0 saturated carbocycles. The predicted molar refractivity (Wildman–Crippen MR) is 106 cm³/mol. The van der Waals surface area contributed by atoms with Crippen molar-refractivity contribution in [1.82, 2.24) is 10.6 Å². The molecule has 1 aliphatic rings. The molecule has 1 aliphatic heterocycles. The highest BCUT2D eigenvalue weighted by molar-refractivity contribution is 5.95. The largest absolute Gasteiger partial charge is 0.489 e. The second-order valence-electron chi connectivity index (χ2n) is 6.66. The fraction of sp³-hybridized carbons (Fsp3) is 0.273. The zero-order chi connectivity index (χ0) is 20.8. The van der Waals surface area contributed by atoms with Crippen molar-refractivity contribution in [2.75, 3.05) is 6.61 Å². The van der Waals surface area contributed by atoms with E-state index < -0.39 is 12.0 Å². The molecule has 0 aliphatic carbocycles. The van der Waals surface area contributed by atoms with E-state index in [-0.39, 0.29) is 18.5 Å². The van der Waals surface area contributed by atoms with Gasteiger partial charge in [-0.1, -0.05) is 37.3 Å². The van der Waals surface area contributed by atoms with E-state index in [1.165, 1.54) is 6.07 Å². The minimum atomic E-state index is -0.631. The Labute approximate surface area is 168 Å². The molecule has 0 spiro atoms. The molecular weight excluding hydrogens is 375 g/mol. The summed E-state index contributed by atoms with van der Waals surface area (Å²) < 4.78 is 24.6. The third kappa shape index (κ3) is 4.93. The second kappa shape index (κ2) is 9.23. The number of rotatable bonds is 7. The molecule has 0 bridgehead atoms. The van der Waals surface area contributed by atoms with E-state index in [1.807, 2.05) is 6.92 Å². The Hall–Kier alpha value is -3.35. The molecule has 0 radical (unpaired) electrons. The molecule has 0 fully saturated rings. The summed E-state index contributed by atoms with van der Waals surface area (Å²) in [6.07, 6.45) is 0.705. The average molecular weight is 398 g/mol. The first-order valence-corrected chi connectivity index (χ1v) is 9.41. The van der Waals surface area contributed by atoms with E-state index in [1.54, 1.807) is 49.4 Å². The highest BCUT2D eigenvalue weighted by atomic mass is 19.1. The second-order valence-corrected chi connectivity index (χ2v) is 6.66. The standard InChI is InChI=1S/C22H23FN2O4/c1-3-12-28-21(26)19-14(2)24-22(27)25-20(19)15-8-10-17(11-9-15)29-13-16-6-4-5-7-18(16)23/h4-11,20H,3,12-13H2,1-2H3,(H2,24,25,27). The quantitative estimate of drug-likeness (QED) is 0.692. The Morgan fingerprint density at radius 1 is 1.14 bits per heavy atom. The van der Waals surface area contributed by atoms with Gasteiger partial charge in [-0.15, -0.1) is 0 Å². The lowest BCUT2D eigenvalue weighted by Crippen LogP contribution is -2.45. The van der Waals surface area contributed by atoms with Gasteiger partial charge in [0.25, 0.3) is 0 Å². The molecule has 2 aromatic rings. The van der Waals surface area contributed by atoms with E-state index in [4.69, 9.17) is 9.47 Å². The summed E-state index contributed by atoms with van der Waals surface area (Å²) in [7, 11) is 0. The number of nitrogens with one attached hydrogen (secondary N) is 2.